The second-order valence-electron chi connectivity index (χ2n) is 3.58. The monoisotopic (exact) mass is 257 g/mol. The number of carboxylic acids is 1. The molecular weight excluding hydrogens is 242 g/mol. The Hall–Kier alpha value is -1.63. The van der Waals surface area contributed by atoms with Crippen molar-refractivity contribution in [1.82, 2.24) is 10.3 Å². The number of aliphatic carboxylic acids is 1. The van der Waals surface area contributed by atoms with E-state index in [1.807, 2.05) is 6.92 Å². The molecule has 1 atom stereocenters. The molecule has 0 fully saturated rings. The molecule has 0 bridgehead atoms. The van der Waals surface area contributed by atoms with E-state index in [4.69, 9.17) is 10.8 Å². The number of aromatic nitrogens is 1. The summed E-state index contributed by atoms with van der Waals surface area (Å²) in [6.45, 7) is 1.96. The van der Waals surface area contributed by atoms with E-state index in [1.54, 1.807) is 0 Å². The van der Waals surface area contributed by atoms with Crippen molar-refractivity contribution >= 4 is 28.3 Å². The van der Waals surface area contributed by atoms with Gasteiger partial charge in [-0.1, -0.05) is 19.8 Å². The second kappa shape index (κ2) is 6.19. The fourth-order valence-electron chi connectivity index (χ4n) is 1.29. The second-order valence-corrected chi connectivity index (χ2v) is 4.47. The largest absolute Gasteiger partial charge is 0.480 e. The van der Waals surface area contributed by atoms with Gasteiger partial charge in [-0.3, -0.25) is 4.79 Å². The number of carbonyl (C=O) groups is 2. The normalized spacial score (nSPS) is 12.1. The average molecular weight is 257 g/mol. The lowest BCUT2D eigenvalue weighted by Gasteiger charge is -2.12. The molecule has 1 aromatic rings. The van der Waals surface area contributed by atoms with Crippen LogP contribution in [0, 0.1) is 0 Å². The molecule has 0 saturated heterocycles. The molecule has 0 spiro atoms. The highest BCUT2D eigenvalue weighted by Gasteiger charge is 2.21. The maximum atomic E-state index is 11.7. The van der Waals surface area contributed by atoms with Crippen molar-refractivity contribution in [2.75, 3.05) is 5.73 Å². The third-order valence-electron chi connectivity index (χ3n) is 2.20. The lowest BCUT2D eigenvalue weighted by Crippen LogP contribution is -2.40. The van der Waals surface area contributed by atoms with Crippen molar-refractivity contribution < 1.29 is 14.7 Å². The van der Waals surface area contributed by atoms with Crippen molar-refractivity contribution in [1.29, 1.82) is 0 Å². The van der Waals surface area contributed by atoms with Gasteiger partial charge in [0.25, 0.3) is 5.91 Å². The number of unbranched alkanes of at least 4 members (excludes halogenated alkanes) is 1. The maximum Gasteiger partial charge on any atom is 0.326 e. The van der Waals surface area contributed by atoms with E-state index in [9.17, 15) is 9.59 Å². The first-order valence-electron chi connectivity index (χ1n) is 5.29. The Morgan fingerprint density at radius 3 is 2.82 bits per heavy atom. The first-order chi connectivity index (χ1) is 8.04. The molecule has 0 saturated carbocycles. The molecule has 1 heterocycles. The van der Waals surface area contributed by atoms with Crippen molar-refractivity contribution in [2.45, 2.75) is 32.2 Å². The van der Waals surface area contributed by atoms with Crippen LogP contribution in [0.5, 0.6) is 0 Å². The van der Waals surface area contributed by atoms with Crippen LogP contribution in [0.3, 0.4) is 0 Å². The zero-order chi connectivity index (χ0) is 12.8. The summed E-state index contributed by atoms with van der Waals surface area (Å²) in [6, 6.07) is -0.870. The van der Waals surface area contributed by atoms with Crippen LogP contribution in [0.2, 0.25) is 0 Å². The van der Waals surface area contributed by atoms with Crippen LogP contribution in [-0.4, -0.2) is 28.0 Å². The number of amides is 1. The number of carbonyl (C=O) groups excluding carboxylic acids is 1. The first-order valence-corrected chi connectivity index (χ1v) is 6.17. The summed E-state index contributed by atoms with van der Waals surface area (Å²) in [4.78, 5) is 26.4. The molecule has 7 heteroatoms. The molecule has 17 heavy (non-hydrogen) atoms. The van der Waals surface area contributed by atoms with Gasteiger partial charge in [-0.25, -0.2) is 9.78 Å². The van der Waals surface area contributed by atoms with Crippen LogP contribution in [0.1, 0.15) is 36.7 Å². The van der Waals surface area contributed by atoms with Crippen molar-refractivity contribution in [3.05, 3.63) is 11.1 Å². The number of hydrogen-bond donors (Lipinski definition) is 3. The molecule has 1 aromatic heterocycles. The molecule has 1 amide bonds. The number of nitrogens with one attached hydrogen (secondary N) is 1. The number of nitrogens with two attached hydrogens (primary N) is 1. The Morgan fingerprint density at radius 2 is 2.35 bits per heavy atom. The summed E-state index contributed by atoms with van der Waals surface area (Å²) in [7, 11) is 0. The highest BCUT2D eigenvalue weighted by molar-refractivity contribution is 7.13. The highest BCUT2D eigenvalue weighted by Crippen LogP contribution is 2.11. The van der Waals surface area contributed by atoms with Crippen molar-refractivity contribution in [3.8, 4) is 0 Å². The molecule has 1 rings (SSSR count). The van der Waals surface area contributed by atoms with Gasteiger partial charge in [0, 0.05) is 5.38 Å². The van der Waals surface area contributed by atoms with E-state index in [0.717, 1.165) is 24.2 Å². The van der Waals surface area contributed by atoms with Crippen LogP contribution in [0.4, 0.5) is 5.13 Å². The molecule has 4 N–H and O–H groups in total. The summed E-state index contributed by atoms with van der Waals surface area (Å²) >= 11 is 1.14. The zero-order valence-electron chi connectivity index (χ0n) is 9.47. The lowest BCUT2D eigenvalue weighted by molar-refractivity contribution is -0.139. The third kappa shape index (κ3) is 4.03. The van der Waals surface area contributed by atoms with Gasteiger partial charge in [0.1, 0.15) is 11.7 Å². The zero-order valence-corrected chi connectivity index (χ0v) is 10.3. The number of nitrogens with zero attached hydrogens (tertiary/aromatic N) is 1. The Kier molecular flexibility index (Phi) is 4.89. The van der Waals surface area contributed by atoms with Gasteiger partial charge < -0.3 is 16.2 Å². The number of carboxylic acid groups (broad SMARTS) is 1. The van der Waals surface area contributed by atoms with Crippen LogP contribution < -0.4 is 11.1 Å². The number of thiazole rings is 1. The summed E-state index contributed by atoms with van der Waals surface area (Å²) in [5.74, 6) is -1.53. The summed E-state index contributed by atoms with van der Waals surface area (Å²) in [5.41, 5.74) is 5.56. The minimum Gasteiger partial charge on any atom is -0.480 e. The topological polar surface area (TPSA) is 105 Å². The quantitative estimate of drug-likeness (QED) is 0.707. The summed E-state index contributed by atoms with van der Waals surface area (Å²) in [5, 5.41) is 13.2. The molecule has 0 aliphatic rings. The van der Waals surface area contributed by atoms with E-state index in [2.05, 4.69) is 10.3 Å². The van der Waals surface area contributed by atoms with E-state index < -0.39 is 17.9 Å². The third-order valence-corrected chi connectivity index (χ3v) is 2.88. The lowest BCUT2D eigenvalue weighted by atomic mass is 10.1. The van der Waals surface area contributed by atoms with Crippen LogP contribution in [-0.2, 0) is 4.79 Å². The highest BCUT2D eigenvalue weighted by atomic mass is 32.1. The van der Waals surface area contributed by atoms with Gasteiger partial charge in [0.05, 0.1) is 0 Å². The molecule has 6 nitrogen and oxygen atoms in total. The molecule has 1 unspecified atom stereocenters. The maximum absolute atomic E-state index is 11.7. The number of nitrogen functional groups attached to an aromatic ring is 1. The smallest absolute Gasteiger partial charge is 0.326 e. The van der Waals surface area contributed by atoms with Crippen molar-refractivity contribution in [3.63, 3.8) is 0 Å². The predicted octanol–water partition coefficient (Wildman–Crippen LogP) is 1.10. The fraction of sp³-hybridized carbons (Fsp3) is 0.500. The minimum atomic E-state index is -1.03. The Bertz CT molecular complexity index is 405. The molecule has 0 aliphatic carbocycles. The minimum absolute atomic E-state index is 0.162. The Balaban J connectivity index is 2.60. The predicted molar refractivity (Wildman–Crippen MR) is 64.9 cm³/mol. The molecule has 0 aliphatic heterocycles. The standard InChI is InChI=1S/C10H15N3O3S/c1-2-3-4-6(9(15)16)12-8(14)7-5-17-10(11)13-7/h5-6H,2-4H2,1H3,(H2,11,13)(H,12,14)(H,15,16). The van der Waals surface area contributed by atoms with E-state index in [-0.39, 0.29) is 10.8 Å². The molecule has 0 radical (unpaired) electrons. The molecule has 94 valence electrons. The molecule has 0 aromatic carbocycles. The SMILES string of the molecule is CCCCC(NC(=O)c1csc(N)n1)C(=O)O. The van der Waals surface area contributed by atoms with E-state index in [1.165, 1.54) is 5.38 Å². The number of hydrogen-bond acceptors (Lipinski definition) is 5. The van der Waals surface area contributed by atoms with Gasteiger partial charge in [-0.15, -0.1) is 11.3 Å². The van der Waals surface area contributed by atoms with Crippen molar-refractivity contribution in [2.24, 2.45) is 0 Å². The number of rotatable bonds is 6. The van der Waals surface area contributed by atoms with Crippen LogP contribution in [0.25, 0.3) is 0 Å². The number of anilines is 1. The van der Waals surface area contributed by atoms with Crippen LogP contribution in [0.15, 0.2) is 5.38 Å². The van der Waals surface area contributed by atoms with Gasteiger partial charge in [-0.2, -0.15) is 0 Å². The summed E-state index contributed by atoms with van der Waals surface area (Å²) in [6.07, 6.45) is 2.04. The van der Waals surface area contributed by atoms with Gasteiger partial charge in [-0.05, 0) is 6.42 Å². The van der Waals surface area contributed by atoms with Gasteiger partial charge in [0.2, 0.25) is 0 Å². The average Bonchev–Trinajstić information content (AvgIpc) is 2.70. The van der Waals surface area contributed by atoms with Gasteiger partial charge in [0.15, 0.2) is 5.13 Å². The Morgan fingerprint density at radius 1 is 1.65 bits per heavy atom. The summed E-state index contributed by atoms with van der Waals surface area (Å²) < 4.78 is 0. The van der Waals surface area contributed by atoms with E-state index >= 15 is 0 Å². The van der Waals surface area contributed by atoms with E-state index in [0.29, 0.717) is 6.42 Å². The Labute approximate surface area is 103 Å². The van der Waals surface area contributed by atoms with Crippen LogP contribution >= 0.6 is 11.3 Å². The molecular formula is C10H15N3O3S. The fourth-order valence-corrected chi connectivity index (χ4v) is 1.83. The first kappa shape index (κ1) is 13.4. The van der Waals surface area contributed by atoms with Gasteiger partial charge >= 0.3 is 5.97 Å².